The maximum atomic E-state index is 15.1. The van der Waals surface area contributed by atoms with Gasteiger partial charge in [-0.3, -0.25) is 14.2 Å². The third-order valence-corrected chi connectivity index (χ3v) is 6.53. The number of benzene rings is 2. The van der Waals surface area contributed by atoms with E-state index in [1.165, 1.54) is 16.7 Å². The Bertz CT molecular complexity index is 1420. The fourth-order valence-electron chi connectivity index (χ4n) is 4.28. The molecule has 3 aromatic rings. The number of fused-ring (bicyclic) bond motifs is 4. The van der Waals surface area contributed by atoms with Crippen LogP contribution in [0.1, 0.15) is 37.0 Å². The van der Waals surface area contributed by atoms with E-state index in [4.69, 9.17) is 4.74 Å². The predicted molar refractivity (Wildman–Crippen MR) is 133 cm³/mol. The molecule has 0 atom stereocenters. The number of anilines is 1. The van der Waals surface area contributed by atoms with Crippen LogP contribution in [-0.2, 0) is 4.74 Å². The fraction of sp³-hybridized carbons (Fsp3) is 0.333. The molecule has 0 spiro atoms. The fourth-order valence-corrected chi connectivity index (χ4v) is 4.77. The Kier molecular flexibility index (Phi) is 5.38. The molecule has 0 unspecified atom stereocenters. The number of hydrogen-bond donors (Lipinski definition) is 0. The molecule has 0 radical (unpaired) electrons. The second-order valence-electron chi connectivity index (χ2n) is 9.34. The van der Waals surface area contributed by atoms with Crippen LogP contribution in [0.5, 0.6) is 0 Å². The molecule has 3 heterocycles. The van der Waals surface area contributed by atoms with Crippen molar-refractivity contribution in [2.45, 2.75) is 26.4 Å². The summed E-state index contributed by atoms with van der Waals surface area (Å²) in [5, 5.41) is 0.108. The first-order valence-corrected chi connectivity index (χ1v) is 12.0. The molecular weight excluding hydrogens is 554 g/mol. The van der Waals surface area contributed by atoms with Gasteiger partial charge >= 0.3 is 6.09 Å². The molecule has 2 aliphatic heterocycles. The molecule has 2 aromatic carbocycles. The lowest BCUT2D eigenvalue weighted by Crippen LogP contribution is -2.50. The molecule has 1 fully saturated rings. The van der Waals surface area contributed by atoms with Gasteiger partial charge in [-0.25, -0.2) is 14.2 Å². The van der Waals surface area contributed by atoms with Crippen LogP contribution in [0.4, 0.5) is 14.9 Å². The molecule has 34 heavy (non-hydrogen) atoms. The Hall–Kier alpha value is -3.02. The average Bonchev–Trinajstić information content (AvgIpc) is 3.04. The van der Waals surface area contributed by atoms with Crippen LogP contribution in [0.2, 0.25) is 0 Å². The van der Waals surface area contributed by atoms with Crippen LogP contribution in [-0.4, -0.2) is 58.1 Å². The third kappa shape index (κ3) is 3.83. The molecule has 176 valence electrons. The monoisotopic (exact) mass is 576 g/mol. The van der Waals surface area contributed by atoms with Crippen LogP contribution in [0, 0.1) is 9.39 Å². The highest BCUT2D eigenvalue weighted by molar-refractivity contribution is 14.1. The number of ketones is 1. The molecule has 0 saturated carbocycles. The van der Waals surface area contributed by atoms with Gasteiger partial charge in [0.05, 0.1) is 27.8 Å². The van der Waals surface area contributed by atoms with Crippen molar-refractivity contribution in [2.75, 3.05) is 31.1 Å². The smallest absolute Gasteiger partial charge is 0.410 e. The molecule has 8 nitrogen and oxygen atoms in total. The number of rotatable bonds is 1. The third-order valence-electron chi connectivity index (χ3n) is 5.86. The first-order chi connectivity index (χ1) is 16.0. The normalized spacial score (nSPS) is 15.5. The van der Waals surface area contributed by atoms with Crippen LogP contribution in [0.15, 0.2) is 35.1 Å². The maximum Gasteiger partial charge on any atom is 0.410 e. The molecule has 1 saturated heterocycles. The van der Waals surface area contributed by atoms with Crippen LogP contribution < -0.4 is 10.5 Å². The summed E-state index contributed by atoms with van der Waals surface area (Å²) in [5.41, 5.74) is 0.346. The van der Waals surface area contributed by atoms with Crippen molar-refractivity contribution in [3.63, 3.8) is 0 Å². The lowest BCUT2D eigenvalue weighted by atomic mass is 10.1. The van der Waals surface area contributed by atoms with Gasteiger partial charge in [0.25, 0.3) is 5.56 Å². The molecule has 1 aromatic heterocycles. The highest BCUT2D eigenvalue weighted by Gasteiger charge is 2.32. The van der Waals surface area contributed by atoms with Crippen molar-refractivity contribution in [3.05, 3.63) is 61.5 Å². The summed E-state index contributed by atoms with van der Waals surface area (Å²) in [6.07, 6.45) is -0.399. The molecule has 0 aliphatic carbocycles. The van der Waals surface area contributed by atoms with Crippen molar-refractivity contribution < 1.29 is 18.7 Å². The summed E-state index contributed by atoms with van der Waals surface area (Å²) >= 11 is 2.10. The molecule has 1 amide bonds. The Morgan fingerprint density at radius 2 is 1.76 bits per heavy atom. The van der Waals surface area contributed by atoms with Crippen molar-refractivity contribution in [1.82, 2.24) is 14.5 Å². The van der Waals surface area contributed by atoms with Crippen molar-refractivity contribution in [3.8, 4) is 5.69 Å². The van der Waals surface area contributed by atoms with E-state index in [2.05, 4.69) is 27.6 Å². The SMILES string of the molecule is CC(C)(C)OC(=O)N1CCN(c2cc3nc4n(c(=O)c3cc2F)-c2ccc(I)cc2C4=O)CC1. The minimum absolute atomic E-state index is 0.0294. The van der Waals surface area contributed by atoms with Crippen LogP contribution >= 0.6 is 22.6 Å². The Labute approximate surface area is 208 Å². The van der Waals surface area contributed by atoms with E-state index in [9.17, 15) is 14.4 Å². The zero-order valence-corrected chi connectivity index (χ0v) is 21.1. The number of carbonyl (C=O) groups excluding carboxylic acids is 2. The molecule has 10 heteroatoms. The number of piperazine rings is 1. The summed E-state index contributed by atoms with van der Waals surface area (Å²) in [4.78, 5) is 46.3. The van der Waals surface area contributed by atoms with Gasteiger partial charge in [0.2, 0.25) is 5.78 Å². The highest BCUT2D eigenvalue weighted by Crippen LogP contribution is 2.30. The average molecular weight is 576 g/mol. The first-order valence-electron chi connectivity index (χ1n) is 10.9. The zero-order valence-electron chi connectivity index (χ0n) is 18.9. The number of ether oxygens (including phenoxy) is 1. The van der Waals surface area contributed by atoms with E-state index in [-0.39, 0.29) is 28.2 Å². The molecule has 0 N–H and O–H groups in total. The van der Waals surface area contributed by atoms with Gasteiger partial charge in [0.1, 0.15) is 11.4 Å². The largest absolute Gasteiger partial charge is 0.444 e. The number of amides is 1. The van der Waals surface area contributed by atoms with E-state index >= 15 is 4.39 Å². The molecule has 2 aliphatic rings. The number of aromatic nitrogens is 2. The Morgan fingerprint density at radius 1 is 1.06 bits per heavy atom. The van der Waals surface area contributed by atoms with E-state index in [0.717, 1.165) is 3.57 Å². The number of nitrogens with zero attached hydrogens (tertiary/aromatic N) is 4. The van der Waals surface area contributed by atoms with Crippen LogP contribution in [0.3, 0.4) is 0 Å². The van der Waals surface area contributed by atoms with Gasteiger partial charge in [-0.1, -0.05) is 0 Å². The van der Waals surface area contributed by atoms with Gasteiger partial charge < -0.3 is 14.5 Å². The lowest BCUT2D eigenvalue weighted by Gasteiger charge is -2.36. The number of halogens is 2. The topological polar surface area (TPSA) is 84.7 Å². The molecule has 0 bridgehead atoms. The number of hydrogen-bond acceptors (Lipinski definition) is 6. The maximum absolute atomic E-state index is 15.1. The minimum Gasteiger partial charge on any atom is -0.444 e. The lowest BCUT2D eigenvalue weighted by molar-refractivity contribution is 0.0240. The second kappa shape index (κ2) is 8.03. The first kappa shape index (κ1) is 22.8. The predicted octanol–water partition coefficient (Wildman–Crippen LogP) is 3.73. The molecule has 5 rings (SSSR count). The summed E-state index contributed by atoms with van der Waals surface area (Å²) in [5.74, 6) is -0.851. The van der Waals surface area contributed by atoms with Gasteiger partial charge in [-0.15, -0.1) is 0 Å². The van der Waals surface area contributed by atoms with E-state index in [1.54, 1.807) is 28.0 Å². The second-order valence-corrected chi connectivity index (χ2v) is 10.6. The summed E-state index contributed by atoms with van der Waals surface area (Å²) in [7, 11) is 0. The van der Waals surface area contributed by atoms with Crippen molar-refractivity contribution >= 4 is 51.1 Å². The summed E-state index contributed by atoms with van der Waals surface area (Å²) < 4.78 is 22.7. The van der Waals surface area contributed by atoms with E-state index < -0.39 is 23.1 Å². The van der Waals surface area contributed by atoms with Gasteiger partial charge in [0, 0.05) is 29.7 Å². The van der Waals surface area contributed by atoms with Crippen molar-refractivity contribution in [1.29, 1.82) is 0 Å². The zero-order chi connectivity index (χ0) is 24.4. The van der Waals surface area contributed by atoms with Crippen molar-refractivity contribution in [2.24, 2.45) is 0 Å². The molecular formula is C24H22FIN4O4. The minimum atomic E-state index is -0.589. The quantitative estimate of drug-likeness (QED) is 0.322. The van der Waals surface area contributed by atoms with Crippen LogP contribution in [0.25, 0.3) is 16.6 Å². The highest BCUT2D eigenvalue weighted by atomic mass is 127. The Balaban J connectivity index is 1.47. The summed E-state index contributed by atoms with van der Waals surface area (Å²) in [6.45, 7) is 6.97. The number of carbonyl (C=O) groups is 2. The standard InChI is InChI=1S/C24H22FIN4O4/c1-24(2,3)34-23(33)29-8-6-28(7-9-29)19-12-17-14(11-16(19)25)22(32)30-18-5-4-13(26)10-15(18)20(31)21(30)27-17/h4-5,10-12H,6-9H2,1-3H3. The van der Waals surface area contributed by atoms with Gasteiger partial charge in [-0.05, 0) is 73.7 Å². The van der Waals surface area contributed by atoms with Gasteiger partial charge in [0.15, 0.2) is 5.82 Å². The van der Waals surface area contributed by atoms with E-state index in [0.29, 0.717) is 37.4 Å². The Morgan fingerprint density at radius 3 is 2.44 bits per heavy atom. The van der Waals surface area contributed by atoms with Gasteiger partial charge in [-0.2, -0.15) is 0 Å². The summed E-state index contributed by atoms with van der Waals surface area (Å²) in [6, 6.07) is 7.92. The van der Waals surface area contributed by atoms with E-state index in [1.807, 2.05) is 20.8 Å².